The molecule has 2 aliphatic rings. The maximum Gasteiger partial charge on any atom is 0.224 e. The Morgan fingerprint density at radius 1 is 1.00 bits per heavy atom. The summed E-state index contributed by atoms with van der Waals surface area (Å²) in [5, 5.41) is 0. The third-order valence-electron chi connectivity index (χ3n) is 7.35. The maximum absolute atomic E-state index is 13.1. The molecule has 4 aromatic rings. The van der Waals surface area contributed by atoms with Crippen LogP contribution in [0.4, 0.5) is 0 Å². The number of pyridine rings is 1. The molecular weight excluding hydrogens is 434 g/mol. The zero-order chi connectivity index (χ0) is 23.8. The van der Waals surface area contributed by atoms with Crippen molar-refractivity contribution in [1.29, 1.82) is 0 Å². The van der Waals surface area contributed by atoms with Crippen molar-refractivity contribution in [1.82, 2.24) is 14.1 Å². The third-order valence-corrected chi connectivity index (χ3v) is 7.35. The van der Waals surface area contributed by atoms with Gasteiger partial charge >= 0.3 is 0 Å². The van der Waals surface area contributed by atoms with Crippen molar-refractivity contribution in [2.75, 3.05) is 6.61 Å². The van der Waals surface area contributed by atoms with Crippen molar-refractivity contribution in [2.45, 2.75) is 57.0 Å². The lowest BCUT2D eigenvalue weighted by molar-refractivity contribution is 0.296. The van der Waals surface area contributed by atoms with E-state index in [-0.39, 0.29) is 17.4 Å². The van der Waals surface area contributed by atoms with Crippen LogP contribution in [0.3, 0.4) is 0 Å². The number of aromatic nitrogens is 3. The van der Waals surface area contributed by atoms with Gasteiger partial charge in [0.15, 0.2) is 11.6 Å². The molecule has 178 valence electrons. The van der Waals surface area contributed by atoms with Gasteiger partial charge in [-0.25, -0.2) is 4.98 Å². The molecule has 2 aromatic carbocycles. The number of ether oxygens (including phenoxy) is 1. The molecule has 0 N–H and O–H groups in total. The first-order chi connectivity index (χ1) is 17.3. The Hall–Kier alpha value is -3.60. The zero-order valence-corrected chi connectivity index (χ0v) is 20.1. The monoisotopic (exact) mass is 465 g/mol. The lowest BCUT2D eigenvalue weighted by Gasteiger charge is -2.37. The second-order valence-electron chi connectivity index (χ2n) is 9.72. The first-order valence-corrected chi connectivity index (χ1v) is 12.8. The van der Waals surface area contributed by atoms with Crippen molar-refractivity contribution in [3.8, 4) is 17.3 Å². The maximum atomic E-state index is 13.1. The van der Waals surface area contributed by atoms with Gasteiger partial charge in [-0.1, -0.05) is 74.0 Å². The van der Waals surface area contributed by atoms with E-state index in [1.165, 1.54) is 29.7 Å². The molecule has 1 aliphatic carbocycles. The highest BCUT2D eigenvalue weighted by Gasteiger charge is 2.38. The molecule has 5 heteroatoms. The van der Waals surface area contributed by atoms with E-state index in [4.69, 9.17) is 9.72 Å². The summed E-state index contributed by atoms with van der Waals surface area (Å²) in [5.74, 6) is 1.96. The van der Waals surface area contributed by atoms with Gasteiger partial charge in [0.25, 0.3) is 0 Å². The van der Waals surface area contributed by atoms with E-state index in [1.807, 2.05) is 12.4 Å². The van der Waals surface area contributed by atoms with Crippen LogP contribution >= 0.6 is 0 Å². The Bertz CT molecular complexity index is 1330. The highest BCUT2D eigenvalue weighted by Crippen LogP contribution is 2.47. The van der Waals surface area contributed by atoms with Gasteiger partial charge in [0, 0.05) is 42.5 Å². The van der Waals surface area contributed by atoms with Crippen molar-refractivity contribution in [3.05, 3.63) is 106 Å². The molecule has 1 fully saturated rings. The number of unbranched alkanes of at least 4 members (excludes halogenated alkanes) is 1. The fourth-order valence-electron chi connectivity index (χ4n) is 5.46. The summed E-state index contributed by atoms with van der Waals surface area (Å²) in [4.78, 5) is 17.9. The molecule has 35 heavy (non-hydrogen) atoms. The molecule has 0 unspecified atom stereocenters. The molecule has 0 saturated heterocycles. The number of imidazole rings is 1. The van der Waals surface area contributed by atoms with Crippen LogP contribution in [0.1, 0.15) is 67.3 Å². The molecule has 0 radical (unpaired) electrons. The van der Waals surface area contributed by atoms with E-state index in [0.29, 0.717) is 18.3 Å². The summed E-state index contributed by atoms with van der Waals surface area (Å²) in [6, 6.07) is 23.1. The lowest BCUT2D eigenvalue weighted by atomic mass is 9.83. The van der Waals surface area contributed by atoms with Gasteiger partial charge in [-0.05, 0) is 30.4 Å². The van der Waals surface area contributed by atoms with E-state index in [0.717, 1.165) is 30.9 Å². The minimum absolute atomic E-state index is 0.0723. The predicted octanol–water partition coefficient (Wildman–Crippen LogP) is 6.15. The van der Waals surface area contributed by atoms with E-state index in [1.54, 1.807) is 6.07 Å². The molecule has 2 aromatic heterocycles. The molecule has 6 rings (SSSR count). The van der Waals surface area contributed by atoms with Crippen LogP contribution in [-0.4, -0.2) is 20.7 Å². The van der Waals surface area contributed by atoms with Crippen LogP contribution in [0, 0.1) is 0 Å². The van der Waals surface area contributed by atoms with Gasteiger partial charge in [0.1, 0.15) is 5.69 Å². The number of rotatable bonds is 8. The van der Waals surface area contributed by atoms with Gasteiger partial charge in [-0.15, -0.1) is 0 Å². The summed E-state index contributed by atoms with van der Waals surface area (Å²) in [6.07, 6.45) is 8.31. The predicted molar refractivity (Wildman–Crippen MR) is 138 cm³/mol. The summed E-state index contributed by atoms with van der Waals surface area (Å²) in [7, 11) is 0. The topological polar surface area (TPSA) is 49.0 Å². The number of hydrogen-bond acceptors (Lipinski definition) is 3. The van der Waals surface area contributed by atoms with E-state index in [9.17, 15) is 4.79 Å². The number of hydrogen-bond donors (Lipinski definition) is 0. The molecule has 0 spiro atoms. The van der Waals surface area contributed by atoms with Crippen LogP contribution < -0.4 is 10.2 Å². The third kappa shape index (κ3) is 3.99. The largest absolute Gasteiger partial charge is 0.487 e. The first-order valence-electron chi connectivity index (χ1n) is 12.8. The van der Waals surface area contributed by atoms with Gasteiger partial charge in [-0.2, -0.15) is 0 Å². The Kier molecular flexibility index (Phi) is 5.77. The molecule has 1 aliphatic heterocycles. The van der Waals surface area contributed by atoms with Gasteiger partial charge in [0.2, 0.25) is 5.43 Å². The zero-order valence-electron chi connectivity index (χ0n) is 20.1. The fourth-order valence-corrected chi connectivity index (χ4v) is 5.46. The van der Waals surface area contributed by atoms with Crippen molar-refractivity contribution < 1.29 is 4.74 Å². The van der Waals surface area contributed by atoms with Crippen LogP contribution in [-0.2, 0) is 6.54 Å². The highest BCUT2D eigenvalue weighted by molar-refractivity contribution is 5.63. The van der Waals surface area contributed by atoms with Crippen molar-refractivity contribution >= 4 is 0 Å². The first kappa shape index (κ1) is 21.9. The average Bonchev–Trinajstić information content (AvgIpc) is 3.65. The number of benzene rings is 2. The van der Waals surface area contributed by atoms with Crippen LogP contribution in [0.5, 0.6) is 5.75 Å². The van der Waals surface area contributed by atoms with Crippen LogP contribution in [0.25, 0.3) is 11.5 Å². The Morgan fingerprint density at radius 2 is 1.69 bits per heavy atom. The molecule has 0 amide bonds. The SMILES string of the molecule is CCCCOc1c2n(ccc1=O)[C@@H](C(c1ccccc1)c1ccccc1)Cn1c(C3CC3)cnc1-2. The van der Waals surface area contributed by atoms with Crippen LogP contribution in [0.2, 0.25) is 0 Å². The summed E-state index contributed by atoms with van der Waals surface area (Å²) in [5.41, 5.74) is 4.55. The second kappa shape index (κ2) is 9.21. The van der Waals surface area contributed by atoms with E-state index >= 15 is 0 Å². The van der Waals surface area contributed by atoms with Crippen molar-refractivity contribution in [2.24, 2.45) is 0 Å². The van der Waals surface area contributed by atoms with Crippen molar-refractivity contribution in [3.63, 3.8) is 0 Å². The molecule has 0 bridgehead atoms. The standard InChI is InChI=1S/C30H31N3O2/c1-2-3-18-35-29-26(34)16-17-32-25(20-33-24(21-14-15-21)19-31-30(33)28(29)32)27(22-10-6-4-7-11-22)23-12-8-5-9-13-23/h4-13,16-17,19,21,25,27H,2-3,14-15,18,20H2,1H3/t25-/m1/s1. The Balaban J connectivity index is 1.56. The molecule has 1 saturated carbocycles. The minimum atomic E-state index is -0.0773. The molecule has 5 nitrogen and oxygen atoms in total. The highest BCUT2D eigenvalue weighted by atomic mass is 16.5. The van der Waals surface area contributed by atoms with Crippen LogP contribution in [0.15, 0.2) is 83.9 Å². The minimum Gasteiger partial charge on any atom is -0.487 e. The second-order valence-corrected chi connectivity index (χ2v) is 9.72. The quantitative estimate of drug-likeness (QED) is 0.293. The average molecular weight is 466 g/mol. The smallest absolute Gasteiger partial charge is 0.224 e. The van der Waals surface area contributed by atoms with Gasteiger partial charge < -0.3 is 13.9 Å². The Morgan fingerprint density at radius 3 is 2.31 bits per heavy atom. The molecule has 3 heterocycles. The Labute approximate surface area is 206 Å². The van der Waals surface area contributed by atoms with E-state index in [2.05, 4.69) is 76.7 Å². The van der Waals surface area contributed by atoms with Gasteiger partial charge in [0.05, 0.1) is 12.6 Å². The molecular formula is C30H31N3O2. The summed E-state index contributed by atoms with van der Waals surface area (Å²) < 4.78 is 10.8. The summed E-state index contributed by atoms with van der Waals surface area (Å²) >= 11 is 0. The van der Waals surface area contributed by atoms with E-state index < -0.39 is 0 Å². The normalized spacial score (nSPS) is 16.7. The summed E-state index contributed by atoms with van der Waals surface area (Å²) in [6.45, 7) is 3.47. The van der Waals surface area contributed by atoms with Gasteiger partial charge in [-0.3, -0.25) is 4.79 Å². The lowest BCUT2D eigenvalue weighted by Crippen LogP contribution is -2.32. The molecule has 1 atom stereocenters. The fraction of sp³-hybridized carbons (Fsp3) is 0.333. The number of nitrogens with zero attached hydrogens (tertiary/aromatic N) is 3. The number of fused-ring (bicyclic) bond motifs is 3.